The maximum atomic E-state index is 4.11. The van der Waals surface area contributed by atoms with E-state index in [1.165, 1.54) is 5.69 Å². The first-order chi connectivity index (χ1) is 3.70. The molecule has 0 radical (unpaired) electrons. The number of rotatable bonds is 0. The molecule has 1 heterocycles. The van der Waals surface area contributed by atoms with E-state index in [0.717, 1.165) is 5.69 Å². The summed E-state index contributed by atoms with van der Waals surface area (Å²) in [6.07, 6.45) is 0. The molecule has 1 rings (SSSR count). The molecule has 8 heavy (non-hydrogen) atoms. The van der Waals surface area contributed by atoms with Crippen LogP contribution in [0.25, 0.3) is 0 Å². The van der Waals surface area contributed by atoms with Gasteiger partial charge in [0.15, 0.2) is 0 Å². The summed E-state index contributed by atoms with van der Waals surface area (Å²) in [6, 6.07) is 2.05. The number of hydrogen-bond acceptors (Lipinski definition) is 1. The topological polar surface area (TPSA) is 17.8 Å². The molecule has 0 saturated heterocycles. The second-order valence-corrected chi connectivity index (χ2v) is 2.70. The Hall–Kier alpha value is -0.0600. The molecular weight excluding hydrogens is 215 g/mol. The van der Waals surface area contributed by atoms with E-state index in [1.807, 2.05) is 22.8 Å². The normalized spacial score (nSPS) is 9.88. The van der Waals surface area contributed by atoms with Crippen LogP contribution in [-0.4, -0.2) is 7.99 Å². The third kappa shape index (κ3) is 1.02. The van der Waals surface area contributed by atoms with E-state index in [2.05, 4.69) is 28.0 Å². The average Bonchev–Trinajstić information content (AvgIpc) is 1.85. The monoisotopic (exact) mass is 222 g/mol. The minimum atomic E-state index is 1.08. The van der Waals surface area contributed by atoms with Crippen LogP contribution in [-0.2, 0) is 0 Å². The lowest BCUT2D eigenvalue weighted by molar-refractivity contribution is 0.986. The molecular formula is C5H7IN2. The van der Waals surface area contributed by atoms with Gasteiger partial charge in [0.05, 0.1) is 28.6 Å². The smallest absolute Gasteiger partial charge is 0.0846 e. The summed E-state index contributed by atoms with van der Waals surface area (Å²) in [7, 11) is 0. The zero-order chi connectivity index (χ0) is 6.15. The van der Waals surface area contributed by atoms with Crippen molar-refractivity contribution in [2.75, 3.05) is 0 Å². The zero-order valence-electron chi connectivity index (χ0n) is 4.85. The lowest BCUT2D eigenvalue weighted by Gasteiger charge is -1.84. The Morgan fingerprint density at radius 3 is 2.38 bits per heavy atom. The van der Waals surface area contributed by atoms with Gasteiger partial charge in [-0.05, 0) is 19.9 Å². The molecule has 1 aromatic heterocycles. The van der Waals surface area contributed by atoms with E-state index >= 15 is 0 Å². The van der Waals surface area contributed by atoms with Crippen LogP contribution < -0.4 is 0 Å². The fraction of sp³-hybridized carbons (Fsp3) is 0.400. The third-order valence-electron chi connectivity index (χ3n) is 0.954. The van der Waals surface area contributed by atoms with E-state index in [-0.39, 0.29) is 0 Å². The van der Waals surface area contributed by atoms with Crippen molar-refractivity contribution in [2.45, 2.75) is 13.8 Å². The van der Waals surface area contributed by atoms with Gasteiger partial charge in [-0.25, -0.2) is 2.90 Å². The summed E-state index contributed by atoms with van der Waals surface area (Å²) in [5.41, 5.74) is 2.28. The van der Waals surface area contributed by atoms with Crippen molar-refractivity contribution in [1.82, 2.24) is 7.99 Å². The maximum absolute atomic E-state index is 4.11. The number of halogens is 1. The third-order valence-corrected chi connectivity index (χ3v) is 1.93. The molecule has 0 atom stereocenters. The Morgan fingerprint density at radius 1 is 1.62 bits per heavy atom. The van der Waals surface area contributed by atoms with Gasteiger partial charge in [-0.3, -0.25) is 0 Å². The standard InChI is InChI=1S/C5H7IN2/c1-4-3-5(2)8(6)7-4/h3H,1-2H3. The first-order valence-corrected chi connectivity index (χ1v) is 3.36. The first-order valence-electron chi connectivity index (χ1n) is 2.39. The summed E-state index contributed by atoms with van der Waals surface area (Å²) >= 11 is 2.15. The summed E-state index contributed by atoms with van der Waals surface area (Å²) in [4.78, 5) is 0. The van der Waals surface area contributed by atoms with E-state index in [1.54, 1.807) is 0 Å². The number of nitrogens with zero attached hydrogens (tertiary/aromatic N) is 2. The van der Waals surface area contributed by atoms with Crippen molar-refractivity contribution < 1.29 is 0 Å². The fourth-order valence-corrected chi connectivity index (χ4v) is 1.08. The van der Waals surface area contributed by atoms with Gasteiger partial charge in [-0.15, -0.1) is 0 Å². The van der Waals surface area contributed by atoms with Gasteiger partial charge >= 0.3 is 0 Å². The summed E-state index contributed by atoms with van der Waals surface area (Å²) < 4.78 is 1.84. The van der Waals surface area contributed by atoms with Crippen LogP contribution in [0.3, 0.4) is 0 Å². The molecule has 0 unspecified atom stereocenters. The molecule has 0 aliphatic heterocycles. The zero-order valence-corrected chi connectivity index (χ0v) is 7.01. The molecule has 2 nitrogen and oxygen atoms in total. The van der Waals surface area contributed by atoms with Gasteiger partial charge in [-0.2, -0.15) is 5.10 Å². The Morgan fingerprint density at radius 2 is 2.25 bits per heavy atom. The number of aryl methyl sites for hydroxylation is 2. The van der Waals surface area contributed by atoms with Crippen LogP contribution in [0, 0.1) is 13.8 Å². The Balaban J connectivity index is 3.14. The largest absolute Gasteiger partial charge is 0.208 e. The highest BCUT2D eigenvalue weighted by Gasteiger charge is 1.93. The Bertz CT molecular complexity index is 173. The van der Waals surface area contributed by atoms with E-state index in [0.29, 0.717) is 0 Å². The molecule has 3 heteroatoms. The summed E-state index contributed by atoms with van der Waals surface area (Å²) in [6.45, 7) is 4.02. The van der Waals surface area contributed by atoms with Crippen LogP contribution >= 0.6 is 22.9 Å². The van der Waals surface area contributed by atoms with E-state index < -0.39 is 0 Å². The quantitative estimate of drug-likeness (QED) is 0.611. The van der Waals surface area contributed by atoms with Gasteiger partial charge < -0.3 is 0 Å². The SMILES string of the molecule is Cc1cc(C)n(I)n1. The average molecular weight is 222 g/mol. The van der Waals surface area contributed by atoms with Crippen molar-refractivity contribution in [3.8, 4) is 0 Å². The van der Waals surface area contributed by atoms with Crippen LogP contribution in [0.15, 0.2) is 6.07 Å². The van der Waals surface area contributed by atoms with Gasteiger partial charge in [-0.1, -0.05) is 0 Å². The molecule has 0 aliphatic rings. The molecule has 0 bridgehead atoms. The predicted octanol–water partition coefficient (Wildman–Crippen LogP) is 1.70. The van der Waals surface area contributed by atoms with Gasteiger partial charge in [0, 0.05) is 5.69 Å². The molecule has 0 saturated carbocycles. The highest BCUT2D eigenvalue weighted by Crippen LogP contribution is 2.03. The van der Waals surface area contributed by atoms with Gasteiger partial charge in [0.2, 0.25) is 0 Å². The molecule has 0 aliphatic carbocycles. The number of hydrogen-bond donors (Lipinski definition) is 0. The molecule has 0 aromatic carbocycles. The molecule has 0 spiro atoms. The molecule has 0 N–H and O–H groups in total. The van der Waals surface area contributed by atoms with Crippen LogP contribution in [0.1, 0.15) is 11.4 Å². The van der Waals surface area contributed by atoms with Crippen molar-refractivity contribution in [2.24, 2.45) is 0 Å². The first kappa shape index (κ1) is 6.07. The maximum Gasteiger partial charge on any atom is 0.0846 e. The van der Waals surface area contributed by atoms with E-state index in [9.17, 15) is 0 Å². The lowest BCUT2D eigenvalue weighted by atomic mass is 10.4. The second-order valence-electron chi connectivity index (χ2n) is 1.79. The van der Waals surface area contributed by atoms with Crippen molar-refractivity contribution in [3.63, 3.8) is 0 Å². The minimum absolute atomic E-state index is 1.08. The van der Waals surface area contributed by atoms with Gasteiger partial charge in [0.25, 0.3) is 0 Å². The highest BCUT2D eigenvalue weighted by atomic mass is 127. The van der Waals surface area contributed by atoms with Crippen molar-refractivity contribution >= 4 is 22.9 Å². The number of aromatic nitrogens is 2. The Labute approximate surface area is 62.4 Å². The fourth-order valence-electron chi connectivity index (χ4n) is 0.602. The molecule has 0 fully saturated rings. The molecule has 0 amide bonds. The summed E-state index contributed by atoms with van der Waals surface area (Å²) in [5.74, 6) is 0. The molecule has 44 valence electrons. The van der Waals surface area contributed by atoms with Gasteiger partial charge in [0.1, 0.15) is 0 Å². The summed E-state index contributed by atoms with van der Waals surface area (Å²) in [5, 5.41) is 4.11. The Kier molecular flexibility index (Phi) is 1.55. The minimum Gasteiger partial charge on any atom is -0.208 e. The molecule has 1 aromatic rings. The van der Waals surface area contributed by atoms with Crippen LogP contribution in [0.5, 0.6) is 0 Å². The van der Waals surface area contributed by atoms with Crippen molar-refractivity contribution in [1.29, 1.82) is 0 Å². The second kappa shape index (κ2) is 2.05. The highest BCUT2D eigenvalue weighted by molar-refractivity contribution is 14.1. The van der Waals surface area contributed by atoms with Crippen LogP contribution in [0.2, 0.25) is 0 Å². The lowest BCUT2D eigenvalue weighted by Crippen LogP contribution is -1.82. The van der Waals surface area contributed by atoms with Crippen molar-refractivity contribution in [3.05, 3.63) is 17.5 Å². The predicted molar refractivity (Wildman–Crippen MR) is 41.1 cm³/mol. The van der Waals surface area contributed by atoms with E-state index in [4.69, 9.17) is 0 Å². The van der Waals surface area contributed by atoms with Crippen LogP contribution in [0.4, 0.5) is 0 Å².